The molecule has 0 saturated carbocycles. The molecule has 2 aromatic rings. The molecule has 0 unspecified atom stereocenters. The van der Waals surface area contributed by atoms with E-state index in [9.17, 15) is 4.79 Å². The second-order valence-corrected chi connectivity index (χ2v) is 10.6. The third-order valence-corrected chi connectivity index (χ3v) is 7.89. The van der Waals surface area contributed by atoms with Crippen LogP contribution in [0.3, 0.4) is 0 Å². The Labute approximate surface area is 176 Å². The first-order valence-electron chi connectivity index (χ1n) is 8.60. The van der Waals surface area contributed by atoms with Crippen LogP contribution in [0.15, 0.2) is 58.1 Å². The van der Waals surface area contributed by atoms with E-state index in [2.05, 4.69) is 33.4 Å². The Morgan fingerprint density at radius 3 is 2.70 bits per heavy atom. The maximum absolute atomic E-state index is 12.1. The minimum absolute atomic E-state index is 0.0274. The van der Waals surface area contributed by atoms with Gasteiger partial charge in [0.1, 0.15) is 12.4 Å². The highest BCUT2D eigenvalue weighted by Gasteiger charge is 2.32. The summed E-state index contributed by atoms with van der Waals surface area (Å²) in [5, 5.41) is 4.07. The second-order valence-electron chi connectivity index (χ2n) is 6.26. The highest BCUT2D eigenvalue weighted by Crippen LogP contribution is 2.45. The quantitative estimate of drug-likeness (QED) is 0.459. The fraction of sp³-hybridized carbons (Fsp3) is 0.300. The molecule has 0 atom stereocenters. The molecule has 0 radical (unpaired) electrons. The molecular weight excluding hydrogens is 444 g/mol. The van der Waals surface area contributed by atoms with Gasteiger partial charge in [0.05, 0.1) is 21.2 Å². The number of carbonyl (C=O) groups is 1. The standard InChI is InChI=1S/C20H21BrN2O2S2/c1-20(26-9-10-27-20)12-19(24)23-22-13-16-7-8-18(17(21)11-16)25-14-15-5-3-2-4-6-15/h2-8,11,13H,9-10,12,14H2,1H3,(H,23,24)/b22-13-. The fourth-order valence-corrected chi connectivity index (χ4v) is 5.96. The topological polar surface area (TPSA) is 50.7 Å². The van der Waals surface area contributed by atoms with Crippen molar-refractivity contribution in [1.29, 1.82) is 0 Å². The summed E-state index contributed by atoms with van der Waals surface area (Å²) in [6, 6.07) is 15.7. The van der Waals surface area contributed by atoms with Gasteiger partial charge in [0, 0.05) is 11.5 Å². The third-order valence-electron chi connectivity index (χ3n) is 3.98. The van der Waals surface area contributed by atoms with Gasteiger partial charge in [-0.3, -0.25) is 4.79 Å². The predicted octanol–water partition coefficient (Wildman–Crippen LogP) is 5.06. The fourth-order valence-electron chi connectivity index (χ4n) is 2.62. The number of hydrogen-bond acceptors (Lipinski definition) is 5. The summed E-state index contributed by atoms with van der Waals surface area (Å²) < 4.78 is 6.66. The average molecular weight is 465 g/mol. The van der Waals surface area contributed by atoms with Crippen molar-refractivity contribution in [3.63, 3.8) is 0 Å². The summed E-state index contributed by atoms with van der Waals surface area (Å²) in [5.41, 5.74) is 4.62. The van der Waals surface area contributed by atoms with Gasteiger partial charge in [-0.15, -0.1) is 23.5 Å². The van der Waals surface area contributed by atoms with E-state index in [4.69, 9.17) is 4.74 Å². The van der Waals surface area contributed by atoms with Crippen LogP contribution in [0, 0.1) is 0 Å². The van der Waals surface area contributed by atoms with Crippen molar-refractivity contribution in [2.24, 2.45) is 5.10 Å². The molecule has 0 spiro atoms. The van der Waals surface area contributed by atoms with Crippen LogP contribution >= 0.6 is 39.5 Å². The van der Waals surface area contributed by atoms with Crippen LogP contribution in [0.4, 0.5) is 0 Å². The van der Waals surface area contributed by atoms with E-state index in [-0.39, 0.29) is 9.99 Å². The Balaban J connectivity index is 1.51. The van der Waals surface area contributed by atoms with Gasteiger partial charge >= 0.3 is 0 Å². The molecule has 3 rings (SSSR count). The van der Waals surface area contributed by atoms with Crippen LogP contribution in [-0.4, -0.2) is 27.7 Å². The number of nitrogens with zero attached hydrogens (tertiary/aromatic N) is 1. The zero-order valence-corrected chi connectivity index (χ0v) is 18.2. The zero-order valence-electron chi connectivity index (χ0n) is 15.0. The van der Waals surface area contributed by atoms with Crippen LogP contribution < -0.4 is 10.2 Å². The first kappa shape index (κ1) is 20.3. The maximum Gasteiger partial charge on any atom is 0.242 e. The lowest BCUT2D eigenvalue weighted by molar-refractivity contribution is -0.121. The van der Waals surface area contributed by atoms with Crippen LogP contribution in [0.25, 0.3) is 0 Å². The largest absolute Gasteiger partial charge is 0.488 e. The van der Waals surface area contributed by atoms with Crippen LogP contribution in [-0.2, 0) is 11.4 Å². The summed E-state index contributed by atoms with van der Waals surface area (Å²) in [6.45, 7) is 2.63. The number of carbonyl (C=O) groups excluding carboxylic acids is 1. The Kier molecular flexibility index (Phi) is 7.26. The molecule has 1 N–H and O–H groups in total. The van der Waals surface area contributed by atoms with E-state index in [1.807, 2.05) is 72.1 Å². The van der Waals surface area contributed by atoms with Gasteiger partial charge < -0.3 is 4.74 Å². The number of ether oxygens (including phenoxy) is 1. The number of amides is 1. The van der Waals surface area contributed by atoms with E-state index < -0.39 is 0 Å². The molecule has 1 heterocycles. The summed E-state index contributed by atoms with van der Waals surface area (Å²) in [7, 11) is 0. The van der Waals surface area contributed by atoms with Gasteiger partial charge in [-0.25, -0.2) is 5.43 Å². The van der Waals surface area contributed by atoms with Crippen molar-refractivity contribution in [3.05, 3.63) is 64.1 Å². The first-order valence-corrected chi connectivity index (χ1v) is 11.4. The van der Waals surface area contributed by atoms with Crippen molar-refractivity contribution in [2.45, 2.75) is 24.0 Å². The average Bonchev–Trinajstić information content (AvgIpc) is 3.08. The Morgan fingerprint density at radius 2 is 2.00 bits per heavy atom. The van der Waals surface area contributed by atoms with Gasteiger partial charge in [0.25, 0.3) is 0 Å². The number of hydrazone groups is 1. The monoisotopic (exact) mass is 464 g/mol. The van der Waals surface area contributed by atoms with E-state index in [0.29, 0.717) is 13.0 Å². The summed E-state index contributed by atoms with van der Waals surface area (Å²) in [6.07, 6.45) is 2.11. The van der Waals surface area contributed by atoms with E-state index in [1.54, 1.807) is 6.21 Å². The molecule has 142 valence electrons. The molecule has 2 aromatic carbocycles. The number of hydrogen-bond donors (Lipinski definition) is 1. The summed E-state index contributed by atoms with van der Waals surface area (Å²) in [5.74, 6) is 2.91. The highest BCUT2D eigenvalue weighted by molar-refractivity contribution is 9.10. The molecule has 27 heavy (non-hydrogen) atoms. The number of nitrogens with one attached hydrogen (secondary N) is 1. The number of thioether (sulfide) groups is 2. The Morgan fingerprint density at radius 1 is 1.26 bits per heavy atom. The lowest BCUT2D eigenvalue weighted by Crippen LogP contribution is -2.26. The lowest BCUT2D eigenvalue weighted by Gasteiger charge is -2.19. The van der Waals surface area contributed by atoms with Gasteiger partial charge in [-0.2, -0.15) is 5.10 Å². The SMILES string of the molecule is CC1(CC(=O)N/N=C\c2ccc(OCc3ccccc3)c(Br)c2)SCCS1. The van der Waals surface area contributed by atoms with Crippen molar-refractivity contribution < 1.29 is 9.53 Å². The summed E-state index contributed by atoms with van der Waals surface area (Å²) >= 11 is 7.21. The molecule has 4 nitrogen and oxygen atoms in total. The molecule has 1 amide bonds. The molecule has 0 aliphatic carbocycles. The molecule has 7 heteroatoms. The second kappa shape index (κ2) is 9.66. The third kappa shape index (κ3) is 6.30. The Bertz CT molecular complexity index is 809. The summed E-state index contributed by atoms with van der Waals surface area (Å²) in [4.78, 5) is 12.1. The van der Waals surface area contributed by atoms with Crippen LogP contribution in [0.2, 0.25) is 0 Å². The van der Waals surface area contributed by atoms with Crippen molar-refractivity contribution in [3.8, 4) is 5.75 Å². The van der Waals surface area contributed by atoms with Crippen LogP contribution in [0.1, 0.15) is 24.5 Å². The van der Waals surface area contributed by atoms with Gasteiger partial charge in [-0.1, -0.05) is 30.3 Å². The molecule has 0 bridgehead atoms. The highest BCUT2D eigenvalue weighted by atomic mass is 79.9. The van der Waals surface area contributed by atoms with Gasteiger partial charge in [-0.05, 0) is 52.2 Å². The lowest BCUT2D eigenvalue weighted by atomic mass is 10.2. The van der Waals surface area contributed by atoms with Crippen LogP contribution in [0.5, 0.6) is 5.75 Å². The van der Waals surface area contributed by atoms with Crippen molar-refractivity contribution >= 4 is 51.6 Å². The maximum atomic E-state index is 12.1. The smallest absolute Gasteiger partial charge is 0.242 e. The normalized spacial score (nSPS) is 15.8. The van der Waals surface area contributed by atoms with E-state index >= 15 is 0 Å². The number of rotatable bonds is 7. The zero-order chi connectivity index (χ0) is 19.1. The Hall–Kier alpha value is -1.44. The minimum atomic E-state index is -0.0578. The molecular formula is C20H21BrN2O2S2. The van der Waals surface area contributed by atoms with E-state index in [1.165, 1.54) is 0 Å². The molecule has 1 saturated heterocycles. The molecule has 1 aliphatic heterocycles. The van der Waals surface area contributed by atoms with Crippen molar-refractivity contribution in [1.82, 2.24) is 5.43 Å². The van der Waals surface area contributed by atoms with E-state index in [0.717, 1.165) is 32.9 Å². The molecule has 1 fully saturated rings. The number of benzene rings is 2. The minimum Gasteiger partial charge on any atom is -0.488 e. The molecule has 1 aliphatic rings. The predicted molar refractivity (Wildman–Crippen MR) is 119 cm³/mol. The van der Waals surface area contributed by atoms with Gasteiger partial charge in [0.15, 0.2) is 0 Å². The van der Waals surface area contributed by atoms with Crippen molar-refractivity contribution in [2.75, 3.05) is 11.5 Å². The first-order chi connectivity index (χ1) is 13.0. The van der Waals surface area contributed by atoms with Gasteiger partial charge in [0.2, 0.25) is 5.91 Å². The molecule has 0 aromatic heterocycles. The number of halogens is 1.